The summed E-state index contributed by atoms with van der Waals surface area (Å²) < 4.78 is 25.3. The van der Waals surface area contributed by atoms with Crippen molar-refractivity contribution in [2.45, 2.75) is 38.5 Å². The molecule has 0 aliphatic rings. The van der Waals surface area contributed by atoms with Crippen molar-refractivity contribution in [3.05, 3.63) is 0 Å². The van der Waals surface area contributed by atoms with E-state index < -0.39 is 20.8 Å². The molecule has 0 aliphatic carbocycles. The van der Waals surface area contributed by atoms with Crippen molar-refractivity contribution in [1.82, 2.24) is 4.72 Å². The van der Waals surface area contributed by atoms with Gasteiger partial charge in [-0.05, 0) is 27.7 Å². The van der Waals surface area contributed by atoms with Gasteiger partial charge in [0.1, 0.15) is 0 Å². The monoisotopic (exact) mass is 224 g/mol. The van der Waals surface area contributed by atoms with Crippen LogP contribution >= 0.6 is 12.2 Å². The Labute approximate surface area is 84.9 Å². The standard InChI is InChI=1S/C7H16N2O2S2/c1-5(2)13(10,11)9-7(3,4)6(8)12/h5,9H,1-4H3,(H2,8,12). The molecule has 0 unspecified atom stereocenters. The topological polar surface area (TPSA) is 72.2 Å². The first-order chi connectivity index (χ1) is 5.59. The fraction of sp³-hybridized carbons (Fsp3) is 0.857. The third kappa shape index (κ3) is 3.58. The maximum absolute atomic E-state index is 11.4. The minimum absolute atomic E-state index is 0.136. The van der Waals surface area contributed by atoms with Gasteiger partial charge >= 0.3 is 0 Å². The van der Waals surface area contributed by atoms with Gasteiger partial charge in [0.25, 0.3) is 0 Å². The van der Waals surface area contributed by atoms with Crippen LogP contribution in [0, 0.1) is 0 Å². The SMILES string of the molecule is CC(C)S(=O)(=O)NC(C)(C)C(N)=S. The zero-order valence-corrected chi connectivity index (χ0v) is 9.92. The lowest BCUT2D eigenvalue weighted by molar-refractivity contribution is 0.538. The lowest BCUT2D eigenvalue weighted by Gasteiger charge is -2.25. The molecule has 0 amide bonds. The summed E-state index contributed by atoms with van der Waals surface area (Å²) in [6.07, 6.45) is 0. The Bertz CT molecular complexity index is 294. The summed E-state index contributed by atoms with van der Waals surface area (Å²) in [6.45, 7) is 6.46. The first kappa shape index (κ1) is 12.8. The summed E-state index contributed by atoms with van der Waals surface area (Å²) >= 11 is 4.74. The molecule has 0 heterocycles. The van der Waals surface area contributed by atoms with Gasteiger partial charge in [-0.2, -0.15) is 0 Å². The van der Waals surface area contributed by atoms with Crippen LogP contribution in [0.1, 0.15) is 27.7 Å². The first-order valence-electron chi connectivity index (χ1n) is 3.92. The Balaban J connectivity index is 4.73. The van der Waals surface area contributed by atoms with Gasteiger partial charge in [0.2, 0.25) is 10.0 Å². The predicted octanol–water partition coefficient (Wildman–Crippen LogP) is 0.379. The van der Waals surface area contributed by atoms with Crippen molar-refractivity contribution >= 4 is 27.2 Å². The van der Waals surface area contributed by atoms with E-state index in [4.69, 9.17) is 18.0 Å². The van der Waals surface area contributed by atoms with Gasteiger partial charge < -0.3 is 5.73 Å². The average molecular weight is 224 g/mol. The second-order valence-electron chi connectivity index (χ2n) is 3.69. The van der Waals surface area contributed by atoms with Crippen LogP contribution < -0.4 is 10.5 Å². The highest BCUT2D eigenvalue weighted by Crippen LogP contribution is 2.07. The Morgan fingerprint density at radius 3 is 2.08 bits per heavy atom. The Morgan fingerprint density at radius 2 is 1.85 bits per heavy atom. The molecule has 13 heavy (non-hydrogen) atoms. The summed E-state index contributed by atoms with van der Waals surface area (Å²) in [4.78, 5) is 0.136. The number of nitrogens with one attached hydrogen (secondary N) is 1. The number of nitrogens with two attached hydrogens (primary N) is 1. The minimum atomic E-state index is -3.32. The molecule has 3 N–H and O–H groups in total. The van der Waals surface area contributed by atoms with Crippen molar-refractivity contribution in [2.24, 2.45) is 5.73 Å². The van der Waals surface area contributed by atoms with Crippen LogP contribution in [0.2, 0.25) is 0 Å². The second-order valence-corrected chi connectivity index (χ2v) is 6.36. The van der Waals surface area contributed by atoms with Crippen molar-refractivity contribution in [3.63, 3.8) is 0 Å². The molecule has 0 fully saturated rings. The van der Waals surface area contributed by atoms with Gasteiger partial charge in [0.05, 0.1) is 15.8 Å². The summed E-state index contributed by atoms with van der Waals surface area (Å²) in [6, 6.07) is 0. The lowest BCUT2D eigenvalue weighted by Crippen LogP contribution is -2.53. The molecule has 0 bridgehead atoms. The summed E-state index contributed by atoms with van der Waals surface area (Å²) in [5.74, 6) is 0. The third-order valence-electron chi connectivity index (χ3n) is 1.63. The van der Waals surface area contributed by atoms with E-state index in [9.17, 15) is 8.42 Å². The minimum Gasteiger partial charge on any atom is -0.392 e. The molecule has 0 atom stereocenters. The summed E-state index contributed by atoms with van der Waals surface area (Å²) in [5, 5.41) is -0.485. The van der Waals surface area contributed by atoms with Gasteiger partial charge in [-0.3, -0.25) is 0 Å². The highest BCUT2D eigenvalue weighted by atomic mass is 32.2. The van der Waals surface area contributed by atoms with E-state index in [1.54, 1.807) is 27.7 Å². The van der Waals surface area contributed by atoms with E-state index in [0.29, 0.717) is 0 Å². The van der Waals surface area contributed by atoms with Crippen LogP contribution in [0.15, 0.2) is 0 Å². The maximum Gasteiger partial charge on any atom is 0.214 e. The molecule has 0 saturated carbocycles. The fourth-order valence-electron chi connectivity index (χ4n) is 0.524. The average Bonchev–Trinajstić information content (AvgIpc) is 1.83. The summed E-state index contributed by atoms with van der Waals surface area (Å²) in [5.41, 5.74) is 4.52. The molecule has 78 valence electrons. The van der Waals surface area contributed by atoms with Crippen molar-refractivity contribution in [2.75, 3.05) is 0 Å². The van der Waals surface area contributed by atoms with Crippen LogP contribution in [0.4, 0.5) is 0 Å². The molecule has 0 aromatic carbocycles. The van der Waals surface area contributed by atoms with Crippen molar-refractivity contribution in [3.8, 4) is 0 Å². The quantitative estimate of drug-likeness (QED) is 0.677. The van der Waals surface area contributed by atoms with E-state index in [0.717, 1.165) is 0 Å². The van der Waals surface area contributed by atoms with Gasteiger partial charge in [0, 0.05) is 0 Å². The van der Waals surface area contributed by atoms with Crippen LogP contribution in [0.5, 0.6) is 0 Å². The van der Waals surface area contributed by atoms with E-state index in [2.05, 4.69) is 4.72 Å². The Morgan fingerprint density at radius 1 is 1.46 bits per heavy atom. The molecule has 4 nitrogen and oxygen atoms in total. The first-order valence-corrected chi connectivity index (χ1v) is 5.88. The fourth-order valence-corrected chi connectivity index (χ4v) is 1.70. The van der Waals surface area contributed by atoms with Gasteiger partial charge in [-0.15, -0.1) is 0 Å². The smallest absolute Gasteiger partial charge is 0.214 e. The van der Waals surface area contributed by atoms with Crippen LogP contribution in [-0.2, 0) is 10.0 Å². The molecule has 0 aliphatic heterocycles. The molecule has 0 aromatic heterocycles. The van der Waals surface area contributed by atoms with Crippen molar-refractivity contribution in [1.29, 1.82) is 0 Å². The molecule has 0 spiro atoms. The highest BCUT2D eigenvalue weighted by Gasteiger charge is 2.29. The molecule has 0 rings (SSSR count). The van der Waals surface area contributed by atoms with Crippen LogP contribution in [0.3, 0.4) is 0 Å². The van der Waals surface area contributed by atoms with Gasteiger partial charge in [-0.1, -0.05) is 12.2 Å². The molecule has 0 radical (unpaired) electrons. The molecule has 0 saturated heterocycles. The number of sulfonamides is 1. The Hall–Kier alpha value is -0.200. The molecule has 6 heteroatoms. The number of hydrogen-bond donors (Lipinski definition) is 2. The maximum atomic E-state index is 11.4. The molecule has 0 aromatic rings. The van der Waals surface area contributed by atoms with E-state index in [1.807, 2.05) is 0 Å². The zero-order chi connectivity index (χ0) is 10.9. The van der Waals surface area contributed by atoms with Crippen LogP contribution in [-0.4, -0.2) is 24.2 Å². The number of hydrogen-bond acceptors (Lipinski definition) is 3. The lowest BCUT2D eigenvalue weighted by atomic mass is 10.1. The number of rotatable bonds is 4. The zero-order valence-electron chi connectivity index (χ0n) is 8.29. The number of thiocarbonyl (C=S) groups is 1. The van der Waals surface area contributed by atoms with Gasteiger partial charge in [-0.25, -0.2) is 13.1 Å². The molecular weight excluding hydrogens is 208 g/mol. The van der Waals surface area contributed by atoms with Crippen molar-refractivity contribution < 1.29 is 8.42 Å². The van der Waals surface area contributed by atoms with Crippen LogP contribution in [0.25, 0.3) is 0 Å². The molecular formula is C7H16N2O2S2. The van der Waals surface area contributed by atoms with E-state index in [-0.39, 0.29) is 4.99 Å². The normalized spacial score (nSPS) is 13.3. The predicted molar refractivity (Wildman–Crippen MR) is 58.1 cm³/mol. The third-order valence-corrected chi connectivity index (χ3v) is 4.18. The largest absolute Gasteiger partial charge is 0.392 e. The Kier molecular flexibility index (Phi) is 3.83. The highest BCUT2D eigenvalue weighted by molar-refractivity contribution is 7.90. The van der Waals surface area contributed by atoms with Gasteiger partial charge in [0.15, 0.2) is 0 Å². The van der Waals surface area contributed by atoms with E-state index in [1.165, 1.54) is 0 Å². The summed E-state index contributed by atoms with van der Waals surface area (Å²) in [7, 11) is -3.32. The van der Waals surface area contributed by atoms with E-state index >= 15 is 0 Å². The second kappa shape index (κ2) is 3.89.